The number of sulfone groups is 2. The van der Waals surface area contributed by atoms with Crippen molar-refractivity contribution in [3.8, 4) is 22.8 Å². The van der Waals surface area contributed by atoms with Crippen LogP contribution in [0.4, 0.5) is 5.95 Å². The molecule has 0 unspecified atom stereocenters. The molecule has 0 atom stereocenters. The Kier molecular flexibility index (Phi) is 4.52. The smallest absolute Gasteiger partial charge is 0.246 e. The van der Waals surface area contributed by atoms with Crippen LogP contribution in [-0.2, 0) is 19.7 Å². The van der Waals surface area contributed by atoms with Crippen molar-refractivity contribution in [2.45, 2.75) is 10.3 Å². The SMILES string of the molecule is CS(=O)(=O)c1ncc(-c2nc(N)nc(-c3cnc(S(C)(=O)=O)nc3)n2)cn1. The second-order valence-corrected chi connectivity index (χ2v) is 9.21. The maximum absolute atomic E-state index is 11.4. The largest absolute Gasteiger partial charge is 0.368 e. The molecule has 0 spiro atoms. The van der Waals surface area contributed by atoms with Gasteiger partial charge in [0.05, 0.1) is 11.1 Å². The Morgan fingerprint density at radius 2 is 1.00 bits per heavy atom. The standard InChI is InChI=1S/C13H12N8O4S2/c1-26(22,23)12-15-3-7(4-16-12)9-19-10(21-11(14)20-9)8-5-17-13(18-6-8)27(2,24)25/h3-6H,1-2H3,(H2,14,19,20,21). The molecule has 0 aliphatic rings. The molecule has 3 aromatic heterocycles. The monoisotopic (exact) mass is 408 g/mol. The van der Waals surface area contributed by atoms with E-state index in [1.165, 1.54) is 24.8 Å². The Balaban J connectivity index is 2.02. The molecule has 3 aromatic rings. The van der Waals surface area contributed by atoms with Gasteiger partial charge >= 0.3 is 0 Å². The molecule has 0 saturated heterocycles. The average molecular weight is 408 g/mol. The number of hydrogen-bond acceptors (Lipinski definition) is 12. The lowest BCUT2D eigenvalue weighted by atomic mass is 10.3. The summed E-state index contributed by atoms with van der Waals surface area (Å²) in [6.45, 7) is 0. The molecule has 140 valence electrons. The van der Waals surface area contributed by atoms with Crippen LogP contribution in [-0.4, -0.2) is 64.2 Å². The van der Waals surface area contributed by atoms with Gasteiger partial charge in [0.15, 0.2) is 11.6 Å². The van der Waals surface area contributed by atoms with Gasteiger partial charge in [-0.05, 0) is 0 Å². The first-order chi connectivity index (χ1) is 12.5. The number of rotatable bonds is 4. The lowest BCUT2D eigenvalue weighted by molar-refractivity contribution is 0.591. The second-order valence-electron chi connectivity index (χ2n) is 5.39. The molecule has 27 heavy (non-hydrogen) atoms. The Hall–Kier alpha value is -3.13. The van der Waals surface area contributed by atoms with Gasteiger partial charge in [-0.3, -0.25) is 0 Å². The summed E-state index contributed by atoms with van der Waals surface area (Å²) in [5.41, 5.74) is 6.32. The minimum Gasteiger partial charge on any atom is -0.368 e. The minimum absolute atomic E-state index is 0.102. The number of nitrogens with zero attached hydrogens (tertiary/aromatic N) is 7. The van der Waals surface area contributed by atoms with Gasteiger partial charge in [-0.2, -0.15) is 9.97 Å². The van der Waals surface area contributed by atoms with Crippen LogP contribution in [0.2, 0.25) is 0 Å². The van der Waals surface area contributed by atoms with Gasteiger partial charge in [0, 0.05) is 37.3 Å². The van der Waals surface area contributed by atoms with Gasteiger partial charge in [0.1, 0.15) is 0 Å². The number of aromatic nitrogens is 7. The summed E-state index contributed by atoms with van der Waals surface area (Å²) < 4.78 is 45.7. The van der Waals surface area contributed by atoms with Crippen molar-refractivity contribution in [1.29, 1.82) is 0 Å². The van der Waals surface area contributed by atoms with E-state index in [0.717, 1.165) is 12.5 Å². The summed E-state index contributed by atoms with van der Waals surface area (Å²) in [6, 6.07) is 0. The van der Waals surface area contributed by atoms with E-state index in [4.69, 9.17) is 5.73 Å². The van der Waals surface area contributed by atoms with Crippen LogP contribution < -0.4 is 5.73 Å². The fourth-order valence-electron chi connectivity index (χ4n) is 1.90. The van der Waals surface area contributed by atoms with Gasteiger partial charge in [-0.25, -0.2) is 41.8 Å². The second kappa shape index (κ2) is 6.55. The molecular weight excluding hydrogens is 396 g/mol. The van der Waals surface area contributed by atoms with Crippen molar-refractivity contribution in [2.75, 3.05) is 18.2 Å². The number of nitrogen functional groups attached to an aromatic ring is 1. The van der Waals surface area contributed by atoms with Crippen LogP contribution in [0.3, 0.4) is 0 Å². The maximum Gasteiger partial charge on any atom is 0.246 e. The molecule has 0 radical (unpaired) electrons. The van der Waals surface area contributed by atoms with E-state index in [-0.39, 0.29) is 27.9 Å². The molecule has 0 aromatic carbocycles. The van der Waals surface area contributed by atoms with Crippen molar-refractivity contribution in [1.82, 2.24) is 34.9 Å². The van der Waals surface area contributed by atoms with Crippen LogP contribution >= 0.6 is 0 Å². The molecule has 0 aliphatic carbocycles. The molecule has 14 heteroatoms. The van der Waals surface area contributed by atoms with Crippen LogP contribution in [0, 0.1) is 0 Å². The van der Waals surface area contributed by atoms with Crippen LogP contribution in [0.25, 0.3) is 22.8 Å². The van der Waals surface area contributed by atoms with E-state index in [0.29, 0.717) is 11.1 Å². The average Bonchev–Trinajstić information content (AvgIpc) is 2.60. The molecule has 0 aliphatic heterocycles. The predicted octanol–water partition coefficient (Wildman–Crippen LogP) is -0.825. The summed E-state index contributed by atoms with van der Waals surface area (Å²) in [6.07, 6.45) is 6.94. The first kappa shape index (κ1) is 18.7. The predicted molar refractivity (Wildman–Crippen MR) is 92.5 cm³/mol. The van der Waals surface area contributed by atoms with E-state index in [1.54, 1.807) is 0 Å². The third-order valence-electron chi connectivity index (χ3n) is 3.09. The number of hydrogen-bond donors (Lipinski definition) is 1. The molecule has 0 fully saturated rings. The Morgan fingerprint density at radius 3 is 1.30 bits per heavy atom. The van der Waals surface area contributed by atoms with Gasteiger partial charge in [0.25, 0.3) is 0 Å². The highest BCUT2D eigenvalue weighted by Crippen LogP contribution is 2.20. The first-order valence-electron chi connectivity index (χ1n) is 7.10. The topological polar surface area (TPSA) is 185 Å². The molecule has 0 saturated carbocycles. The lowest BCUT2D eigenvalue weighted by Gasteiger charge is -2.05. The summed E-state index contributed by atoms with van der Waals surface area (Å²) in [4.78, 5) is 27.2. The Labute approximate surface area is 153 Å². The zero-order valence-electron chi connectivity index (χ0n) is 14.0. The van der Waals surface area contributed by atoms with E-state index >= 15 is 0 Å². The van der Waals surface area contributed by atoms with Gasteiger partial charge < -0.3 is 5.73 Å². The molecule has 3 rings (SSSR count). The normalized spacial score (nSPS) is 12.1. The highest BCUT2D eigenvalue weighted by atomic mass is 32.2. The van der Waals surface area contributed by atoms with Crippen LogP contribution in [0.1, 0.15) is 0 Å². The van der Waals surface area contributed by atoms with Crippen molar-refractivity contribution in [3.63, 3.8) is 0 Å². The third kappa shape index (κ3) is 4.17. The van der Waals surface area contributed by atoms with Gasteiger partial charge in [-0.1, -0.05) is 0 Å². The van der Waals surface area contributed by atoms with Crippen molar-refractivity contribution in [3.05, 3.63) is 24.8 Å². The number of nitrogens with two attached hydrogens (primary N) is 1. The van der Waals surface area contributed by atoms with Gasteiger partial charge in [-0.15, -0.1) is 0 Å². The van der Waals surface area contributed by atoms with E-state index in [2.05, 4.69) is 34.9 Å². The Morgan fingerprint density at radius 1 is 0.667 bits per heavy atom. The number of anilines is 1. The summed E-state index contributed by atoms with van der Waals surface area (Å²) in [5, 5.41) is -0.670. The van der Waals surface area contributed by atoms with Crippen molar-refractivity contribution >= 4 is 25.6 Å². The summed E-state index contributed by atoms with van der Waals surface area (Å²) >= 11 is 0. The Bertz CT molecular complexity index is 1120. The van der Waals surface area contributed by atoms with Crippen molar-refractivity contribution in [2.24, 2.45) is 0 Å². The fourth-order valence-corrected chi connectivity index (χ4v) is 2.87. The van der Waals surface area contributed by atoms with Crippen LogP contribution in [0.5, 0.6) is 0 Å². The highest BCUT2D eigenvalue weighted by Gasteiger charge is 2.15. The van der Waals surface area contributed by atoms with Gasteiger partial charge in [0.2, 0.25) is 35.9 Å². The zero-order chi connectivity index (χ0) is 19.8. The highest BCUT2D eigenvalue weighted by molar-refractivity contribution is 7.90. The minimum atomic E-state index is -3.54. The molecular formula is C13H12N8O4S2. The molecule has 2 N–H and O–H groups in total. The molecule has 0 bridgehead atoms. The zero-order valence-corrected chi connectivity index (χ0v) is 15.6. The van der Waals surface area contributed by atoms with E-state index < -0.39 is 19.7 Å². The fraction of sp³-hybridized carbons (Fsp3) is 0.154. The van der Waals surface area contributed by atoms with Crippen LogP contribution in [0.15, 0.2) is 35.1 Å². The van der Waals surface area contributed by atoms with E-state index in [1.807, 2.05) is 0 Å². The van der Waals surface area contributed by atoms with E-state index in [9.17, 15) is 16.8 Å². The molecule has 0 amide bonds. The van der Waals surface area contributed by atoms with Crippen molar-refractivity contribution < 1.29 is 16.8 Å². The third-order valence-corrected chi connectivity index (χ3v) is 4.84. The lowest BCUT2D eigenvalue weighted by Crippen LogP contribution is -2.07. The summed E-state index contributed by atoms with van der Waals surface area (Å²) in [5.74, 6) is 0.0869. The quantitative estimate of drug-likeness (QED) is 0.529. The molecule has 3 heterocycles. The summed E-state index contributed by atoms with van der Waals surface area (Å²) in [7, 11) is -7.09. The maximum atomic E-state index is 11.4. The molecule has 12 nitrogen and oxygen atoms in total. The first-order valence-corrected chi connectivity index (χ1v) is 10.9.